The van der Waals surface area contributed by atoms with E-state index in [0.29, 0.717) is 11.5 Å². The van der Waals surface area contributed by atoms with Crippen molar-refractivity contribution in [3.8, 4) is 10.6 Å². The first-order valence-electron chi connectivity index (χ1n) is 6.35. The second kappa shape index (κ2) is 5.54. The van der Waals surface area contributed by atoms with Crippen LogP contribution in [0, 0.1) is 0 Å². The first kappa shape index (κ1) is 12.4. The number of nitrogens with zero attached hydrogens (tertiary/aromatic N) is 1. The van der Waals surface area contributed by atoms with Crippen molar-refractivity contribution in [1.82, 2.24) is 15.8 Å². The number of amides is 1. The third-order valence-corrected chi connectivity index (χ3v) is 4.02. The lowest BCUT2D eigenvalue weighted by Crippen LogP contribution is -2.45. The molecule has 2 aromatic rings. The summed E-state index contributed by atoms with van der Waals surface area (Å²) in [6, 6.07) is 5.76. The third kappa shape index (κ3) is 2.85. The summed E-state index contributed by atoms with van der Waals surface area (Å²) in [6.07, 6.45) is 2.10. The molecular formula is C13H15N3O2S. The topological polar surface area (TPSA) is 67.2 Å². The zero-order valence-electron chi connectivity index (χ0n) is 10.4. The lowest BCUT2D eigenvalue weighted by atomic mass is 10.1. The molecule has 0 bridgehead atoms. The molecule has 0 aromatic carbocycles. The monoisotopic (exact) mass is 277 g/mol. The van der Waals surface area contributed by atoms with E-state index in [1.807, 2.05) is 17.5 Å². The Labute approximate surface area is 115 Å². The molecule has 1 saturated heterocycles. The van der Waals surface area contributed by atoms with Gasteiger partial charge < -0.3 is 15.2 Å². The molecule has 3 heterocycles. The normalized spacial score (nSPS) is 19.3. The molecule has 2 N–H and O–H groups in total. The summed E-state index contributed by atoms with van der Waals surface area (Å²) in [5.41, 5.74) is 0.342. The lowest BCUT2D eigenvalue weighted by molar-refractivity contribution is 0.0921. The van der Waals surface area contributed by atoms with Gasteiger partial charge in [-0.3, -0.25) is 4.79 Å². The van der Waals surface area contributed by atoms with Crippen molar-refractivity contribution in [3.63, 3.8) is 0 Å². The Morgan fingerprint density at radius 2 is 2.53 bits per heavy atom. The van der Waals surface area contributed by atoms with E-state index in [1.165, 1.54) is 0 Å². The van der Waals surface area contributed by atoms with Crippen LogP contribution < -0.4 is 10.6 Å². The Hall–Kier alpha value is -1.66. The standard InChI is InChI=1S/C13H15N3O2S/c17-13(15-9-3-1-5-14-8-9)10-7-11(18-16-10)12-4-2-6-19-12/h2,4,6-7,9,14H,1,3,5,8H2,(H,15,17)/t9-/m0/s1. The summed E-state index contributed by atoms with van der Waals surface area (Å²) in [4.78, 5) is 13.0. The van der Waals surface area contributed by atoms with Gasteiger partial charge in [0.2, 0.25) is 0 Å². The van der Waals surface area contributed by atoms with E-state index >= 15 is 0 Å². The van der Waals surface area contributed by atoms with Gasteiger partial charge >= 0.3 is 0 Å². The van der Waals surface area contributed by atoms with Crippen LogP contribution in [-0.2, 0) is 0 Å². The number of rotatable bonds is 3. The Kier molecular flexibility index (Phi) is 3.61. The number of carbonyl (C=O) groups excluding carboxylic acids is 1. The number of thiophene rings is 1. The molecule has 2 aromatic heterocycles. The van der Waals surface area contributed by atoms with Gasteiger partial charge in [0.05, 0.1) is 4.88 Å². The van der Waals surface area contributed by atoms with Crippen molar-refractivity contribution in [3.05, 3.63) is 29.3 Å². The van der Waals surface area contributed by atoms with Crippen LogP contribution in [0.15, 0.2) is 28.1 Å². The third-order valence-electron chi connectivity index (χ3n) is 3.14. The van der Waals surface area contributed by atoms with Crippen molar-refractivity contribution < 1.29 is 9.32 Å². The molecule has 19 heavy (non-hydrogen) atoms. The highest BCUT2D eigenvalue weighted by atomic mass is 32.1. The Bertz CT molecular complexity index is 544. The highest BCUT2D eigenvalue weighted by Gasteiger charge is 2.19. The molecule has 0 aliphatic carbocycles. The van der Waals surface area contributed by atoms with Gasteiger partial charge in [0.25, 0.3) is 5.91 Å². The van der Waals surface area contributed by atoms with Crippen molar-refractivity contribution in [2.24, 2.45) is 0 Å². The van der Waals surface area contributed by atoms with E-state index in [2.05, 4.69) is 15.8 Å². The van der Waals surface area contributed by atoms with E-state index in [0.717, 1.165) is 30.8 Å². The predicted molar refractivity (Wildman–Crippen MR) is 73.2 cm³/mol. The second-order valence-electron chi connectivity index (χ2n) is 4.57. The number of nitrogens with one attached hydrogen (secondary N) is 2. The van der Waals surface area contributed by atoms with Crippen LogP contribution in [0.2, 0.25) is 0 Å². The van der Waals surface area contributed by atoms with Gasteiger partial charge in [-0.1, -0.05) is 11.2 Å². The quantitative estimate of drug-likeness (QED) is 0.899. The zero-order valence-corrected chi connectivity index (χ0v) is 11.2. The van der Waals surface area contributed by atoms with Crippen molar-refractivity contribution in [2.75, 3.05) is 13.1 Å². The Balaban J connectivity index is 1.67. The van der Waals surface area contributed by atoms with E-state index in [9.17, 15) is 4.79 Å². The van der Waals surface area contributed by atoms with E-state index in [-0.39, 0.29) is 11.9 Å². The predicted octanol–water partition coefficient (Wildman–Crippen LogP) is 1.88. The Morgan fingerprint density at radius 3 is 3.26 bits per heavy atom. The van der Waals surface area contributed by atoms with Crippen LogP contribution in [0.4, 0.5) is 0 Å². The molecular weight excluding hydrogens is 262 g/mol. The Morgan fingerprint density at radius 1 is 1.58 bits per heavy atom. The van der Waals surface area contributed by atoms with Gasteiger partial charge in [-0.2, -0.15) is 0 Å². The summed E-state index contributed by atoms with van der Waals surface area (Å²) in [6.45, 7) is 1.85. The fraction of sp³-hybridized carbons (Fsp3) is 0.385. The van der Waals surface area contributed by atoms with Gasteiger partial charge in [-0.25, -0.2) is 0 Å². The molecule has 0 unspecified atom stereocenters. The molecule has 1 aliphatic heterocycles. The SMILES string of the molecule is O=C(N[C@H]1CCCNC1)c1cc(-c2cccs2)on1. The maximum absolute atomic E-state index is 12.0. The lowest BCUT2D eigenvalue weighted by Gasteiger charge is -2.23. The van der Waals surface area contributed by atoms with Gasteiger partial charge in [-0.15, -0.1) is 11.3 Å². The highest BCUT2D eigenvalue weighted by molar-refractivity contribution is 7.13. The molecule has 1 fully saturated rings. The van der Waals surface area contributed by atoms with Gasteiger partial charge in [-0.05, 0) is 30.8 Å². The molecule has 1 aliphatic rings. The first-order chi connectivity index (χ1) is 9.33. The average Bonchev–Trinajstić information content (AvgIpc) is 3.11. The largest absolute Gasteiger partial charge is 0.355 e. The summed E-state index contributed by atoms with van der Waals surface area (Å²) < 4.78 is 5.20. The van der Waals surface area contributed by atoms with E-state index in [4.69, 9.17) is 4.52 Å². The molecule has 0 saturated carbocycles. The van der Waals surface area contributed by atoms with Crippen LogP contribution in [0.1, 0.15) is 23.3 Å². The maximum Gasteiger partial charge on any atom is 0.273 e. The van der Waals surface area contributed by atoms with Crippen LogP contribution >= 0.6 is 11.3 Å². The van der Waals surface area contributed by atoms with Gasteiger partial charge in [0.15, 0.2) is 11.5 Å². The minimum atomic E-state index is -0.166. The van der Waals surface area contributed by atoms with Gasteiger partial charge in [0.1, 0.15) is 0 Å². The summed E-state index contributed by atoms with van der Waals surface area (Å²) >= 11 is 1.56. The van der Waals surface area contributed by atoms with Crippen molar-refractivity contribution in [2.45, 2.75) is 18.9 Å². The smallest absolute Gasteiger partial charge is 0.273 e. The number of hydrogen-bond acceptors (Lipinski definition) is 5. The molecule has 0 spiro atoms. The maximum atomic E-state index is 12.0. The average molecular weight is 277 g/mol. The highest BCUT2D eigenvalue weighted by Crippen LogP contribution is 2.25. The molecule has 5 nitrogen and oxygen atoms in total. The molecule has 3 rings (SSSR count). The van der Waals surface area contributed by atoms with Crippen LogP contribution in [0.25, 0.3) is 10.6 Å². The fourth-order valence-corrected chi connectivity index (χ4v) is 2.82. The fourth-order valence-electron chi connectivity index (χ4n) is 2.15. The van der Waals surface area contributed by atoms with Crippen molar-refractivity contribution in [1.29, 1.82) is 0 Å². The summed E-state index contributed by atoms with van der Waals surface area (Å²) in [5.74, 6) is 0.474. The van der Waals surface area contributed by atoms with Crippen molar-refractivity contribution >= 4 is 17.2 Å². The zero-order chi connectivity index (χ0) is 13.1. The summed E-state index contributed by atoms with van der Waals surface area (Å²) in [7, 11) is 0. The number of hydrogen-bond donors (Lipinski definition) is 2. The minimum Gasteiger partial charge on any atom is -0.355 e. The molecule has 100 valence electrons. The van der Waals surface area contributed by atoms with Crippen LogP contribution in [0.5, 0.6) is 0 Å². The number of piperidine rings is 1. The van der Waals surface area contributed by atoms with Crippen LogP contribution in [0.3, 0.4) is 0 Å². The van der Waals surface area contributed by atoms with E-state index < -0.39 is 0 Å². The second-order valence-corrected chi connectivity index (χ2v) is 5.52. The first-order valence-corrected chi connectivity index (χ1v) is 7.23. The number of aromatic nitrogens is 1. The molecule has 0 radical (unpaired) electrons. The van der Waals surface area contributed by atoms with Crippen LogP contribution in [-0.4, -0.2) is 30.2 Å². The summed E-state index contributed by atoms with van der Waals surface area (Å²) in [5, 5.41) is 12.0. The molecule has 6 heteroatoms. The molecule has 1 atom stereocenters. The molecule has 1 amide bonds. The van der Waals surface area contributed by atoms with E-state index in [1.54, 1.807) is 17.4 Å². The van der Waals surface area contributed by atoms with Gasteiger partial charge in [0, 0.05) is 18.7 Å². The minimum absolute atomic E-state index is 0.166. The number of carbonyl (C=O) groups is 1.